The molecule has 0 amide bonds. The Kier molecular flexibility index (Phi) is 5.36. The standard InChI is InChI=1S/C39H35Cl/c1-37(2,3)25-17-20-29-30-21-22-33(38(4,5)6)35(24-15-18-26(40)19-16-24)36(30)39(34(29)23-25)31-13-9-7-11-27(31)28-12-8-10-14-32(28)39/h7-23H,1-6H3. The molecular formula is C39H35Cl. The van der Waals surface area contributed by atoms with Crippen molar-refractivity contribution < 1.29 is 0 Å². The molecule has 7 rings (SSSR count). The van der Waals surface area contributed by atoms with Crippen molar-refractivity contribution >= 4 is 11.6 Å². The summed E-state index contributed by atoms with van der Waals surface area (Å²) in [6.45, 7) is 13.9. The van der Waals surface area contributed by atoms with E-state index in [0.29, 0.717) is 0 Å². The third-order valence-corrected chi connectivity index (χ3v) is 9.31. The van der Waals surface area contributed by atoms with E-state index in [0.717, 1.165) is 5.02 Å². The molecular weight excluding hydrogens is 504 g/mol. The largest absolute Gasteiger partial charge is 0.0843 e. The maximum absolute atomic E-state index is 6.43. The topological polar surface area (TPSA) is 0 Å². The Balaban J connectivity index is 1.73. The highest BCUT2D eigenvalue weighted by Gasteiger charge is 2.53. The van der Waals surface area contributed by atoms with Crippen molar-refractivity contribution in [3.8, 4) is 33.4 Å². The van der Waals surface area contributed by atoms with Crippen LogP contribution in [0.15, 0.2) is 103 Å². The first-order valence-electron chi connectivity index (χ1n) is 14.3. The fourth-order valence-electron chi connectivity index (χ4n) is 7.24. The van der Waals surface area contributed by atoms with E-state index in [4.69, 9.17) is 11.6 Å². The predicted octanol–water partition coefficient (Wildman–Crippen LogP) is 10.9. The number of halogens is 1. The maximum atomic E-state index is 6.43. The molecule has 5 aromatic carbocycles. The summed E-state index contributed by atoms with van der Waals surface area (Å²) in [6, 6.07) is 38.6. The molecule has 0 N–H and O–H groups in total. The SMILES string of the molecule is CC(C)(C)c1ccc2c(c1)C1(c3ccccc3-c3ccccc31)c1c-2ccc(C(C)(C)C)c1-c1ccc(Cl)cc1. The van der Waals surface area contributed by atoms with E-state index in [1.807, 2.05) is 12.1 Å². The molecule has 0 fully saturated rings. The molecule has 0 nitrogen and oxygen atoms in total. The van der Waals surface area contributed by atoms with Crippen LogP contribution in [0.2, 0.25) is 5.02 Å². The minimum absolute atomic E-state index is 0.0399. The highest BCUT2D eigenvalue weighted by molar-refractivity contribution is 6.30. The third kappa shape index (κ3) is 3.39. The van der Waals surface area contributed by atoms with Gasteiger partial charge in [0, 0.05) is 5.02 Å². The van der Waals surface area contributed by atoms with Crippen molar-refractivity contribution in [3.05, 3.63) is 142 Å². The summed E-state index contributed by atoms with van der Waals surface area (Å²) < 4.78 is 0. The number of hydrogen-bond acceptors (Lipinski definition) is 0. The fourth-order valence-corrected chi connectivity index (χ4v) is 7.37. The molecule has 0 saturated carbocycles. The Morgan fingerprint density at radius 3 is 1.65 bits per heavy atom. The normalized spacial score (nSPS) is 14.6. The molecule has 0 bridgehead atoms. The van der Waals surface area contributed by atoms with Crippen LogP contribution in [0, 0.1) is 0 Å². The molecule has 1 spiro atoms. The Labute approximate surface area is 243 Å². The Morgan fingerprint density at radius 1 is 0.525 bits per heavy atom. The molecule has 198 valence electrons. The van der Waals surface area contributed by atoms with Crippen LogP contribution in [0.4, 0.5) is 0 Å². The molecule has 2 aliphatic carbocycles. The van der Waals surface area contributed by atoms with Gasteiger partial charge in [0.15, 0.2) is 0 Å². The molecule has 0 unspecified atom stereocenters. The molecule has 0 heterocycles. The summed E-state index contributed by atoms with van der Waals surface area (Å²) in [5.74, 6) is 0. The lowest BCUT2D eigenvalue weighted by Crippen LogP contribution is -2.28. The molecule has 40 heavy (non-hydrogen) atoms. The van der Waals surface area contributed by atoms with Gasteiger partial charge in [-0.25, -0.2) is 0 Å². The van der Waals surface area contributed by atoms with Gasteiger partial charge in [-0.05, 0) is 89.7 Å². The van der Waals surface area contributed by atoms with E-state index in [-0.39, 0.29) is 10.8 Å². The van der Waals surface area contributed by atoms with Crippen LogP contribution in [-0.4, -0.2) is 0 Å². The average Bonchev–Trinajstić information content (AvgIpc) is 3.39. The van der Waals surface area contributed by atoms with Crippen LogP contribution >= 0.6 is 11.6 Å². The van der Waals surface area contributed by atoms with Crippen LogP contribution < -0.4 is 0 Å². The van der Waals surface area contributed by atoms with Crippen LogP contribution in [0.1, 0.15) is 74.9 Å². The molecule has 0 saturated heterocycles. The number of benzene rings is 5. The number of hydrogen-bond donors (Lipinski definition) is 0. The zero-order chi connectivity index (χ0) is 28.0. The predicted molar refractivity (Wildman–Crippen MR) is 171 cm³/mol. The highest BCUT2D eigenvalue weighted by atomic mass is 35.5. The van der Waals surface area contributed by atoms with Crippen molar-refractivity contribution in [1.82, 2.24) is 0 Å². The highest BCUT2D eigenvalue weighted by Crippen LogP contribution is 2.65. The smallest absolute Gasteiger partial charge is 0.0731 e. The molecule has 0 aromatic heterocycles. The van der Waals surface area contributed by atoms with Gasteiger partial charge in [0.2, 0.25) is 0 Å². The summed E-state index contributed by atoms with van der Waals surface area (Å²) >= 11 is 6.43. The Bertz CT molecular complexity index is 1760. The third-order valence-electron chi connectivity index (χ3n) is 9.05. The summed E-state index contributed by atoms with van der Waals surface area (Å²) in [6.07, 6.45) is 0. The molecule has 5 aromatic rings. The van der Waals surface area contributed by atoms with Crippen molar-refractivity contribution in [1.29, 1.82) is 0 Å². The van der Waals surface area contributed by atoms with Gasteiger partial charge in [0.25, 0.3) is 0 Å². The van der Waals surface area contributed by atoms with Gasteiger partial charge in [-0.15, -0.1) is 0 Å². The lowest BCUT2D eigenvalue weighted by Gasteiger charge is -2.35. The lowest BCUT2D eigenvalue weighted by atomic mass is 9.66. The second-order valence-corrected chi connectivity index (χ2v) is 14.0. The average molecular weight is 539 g/mol. The summed E-state index contributed by atoms with van der Waals surface area (Å²) in [7, 11) is 0. The van der Waals surface area contributed by atoms with Crippen molar-refractivity contribution in [2.45, 2.75) is 57.8 Å². The molecule has 0 aliphatic heterocycles. The maximum Gasteiger partial charge on any atom is 0.0731 e. The van der Waals surface area contributed by atoms with Gasteiger partial charge in [-0.3, -0.25) is 0 Å². The van der Waals surface area contributed by atoms with E-state index < -0.39 is 5.41 Å². The second-order valence-electron chi connectivity index (χ2n) is 13.5. The molecule has 2 aliphatic rings. The van der Waals surface area contributed by atoms with Gasteiger partial charge >= 0.3 is 0 Å². The first-order chi connectivity index (χ1) is 19.0. The monoisotopic (exact) mass is 538 g/mol. The summed E-state index contributed by atoms with van der Waals surface area (Å²) in [5, 5.41) is 0.762. The zero-order valence-corrected chi connectivity index (χ0v) is 24.9. The minimum atomic E-state index is -0.407. The van der Waals surface area contributed by atoms with Crippen molar-refractivity contribution in [2.75, 3.05) is 0 Å². The van der Waals surface area contributed by atoms with Crippen LogP contribution in [0.5, 0.6) is 0 Å². The van der Waals surface area contributed by atoms with Gasteiger partial charge in [0.05, 0.1) is 5.41 Å². The quantitative estimate of drug-likeness (QED) is 0.195. The van der Waals surface area contributed by atoms with Gasteiger partial charge in [-0.2, -0.15) is 0 Å². The minimum Gasteiger partial charge on any atom is -0.0843 e. The summed E-state index contributed by atoms with van der Waals surface area (Å²) in [5.41, 5.74) is 15.8. The fraction of sp³-hybridized carbons (Fsp3) is 0.231. The second kappa shape index (κ2) is 8.45. The molecule has 1 heteroatoms. The van der Waals surface area contributed by atoms with Gasteiger partial charge in [-0.1, -0.05) is 144 Å². The Hall–Kier alpha value is -3.61. The Morgan fingerprint density at radius 2 is 1.07 bits per heavy atom. The van der Waals surface area contributed by atoms with Crippen molar-refractivity contribution in [2.24, 2.45) is 0 Å². The van der Waals surface area contributed by atoms with E-state index in [2.05, 4.69) is 133 Å². The molecule has 0 radical (unpaired) electrons. The number of rotatable bonds is 1. The van der Waals surface area contributed by atoms with E-state index in [9.17, 15) is 0 Å². The zero-order valence-electron chi connectivity index (χ0n) is 24.2. The van der Waals surface area contributed by atoms with E-state index in [1.165, 1.54) is 66.8 Å². The number of fused-ring (bicyclic) bond motifs is 10. The first kappa shape index (κ1) is 25.4. The van der Waals surface area contributed by atoms with Crippen LogP contribution in [0.25, 0.3) is 33.4 Å². The van der Waals surface area contributed by atoms with E-state index in [1.54, 1.807) is 0 Å². The van der Waals surface area contributed by atoms with Gasteiger partial charge in [0.1, 0.15) is 0 Å². The summed E-state index contributed by atoms with van der Waals surface area (Å²) in [4.78, 5) is 0. The first-order valence-corrected chi connectivity index (χ1v) is 14.7. The van der Waals surface area contributed by atoms with Gasteiger partial charge < -0.3 is 0 Å². The van der Waals surface area contributed by atoms with Crippen LogP contribution in [0.3, 0.4) is 0 Å². The lowest BCUT2D eigenvalue weighted by molar-refractivity contribution is 0.587. The van der Waals surface area contributed by atoms with Crippen molar-refractivity contribution in [3.63, 3.8) is 0 Å². The van der Waals surface area contributed by atoms with Crippen LogP contribution in [-0.2, 0) is 16.2 Å². The molecule has 0 atom stereocenters. The van der Waals surface area contributed by atoms with E-state index >= 15 is 0 Å².